The summed E-state index contributed by atoms with van der Waals surface area (Å²) in [5.41, 5.74) is 0.698. The van der Waals surface area contributed by atoms with Gasteiger partial charge < -0.3 is 4.74 Å². The van der Waals surface area contributed by atoms with Gasteiger partial charge >= 0.3 is 6.11 Å². The molecule has 0 amide bonds. The molecule has 4 rings (SSSR count). The van der Waals surface area contributed by atoms with Gasteiger partial charge in [-0.3, -0.25) is 0 Å². The van der Waals surface area contributed by atoms with Crippen LogP contribution in [0.2, 0.25) is 0 Å². The van der Waals surface area contributed by atoms with Crippen LogP contribution in [0.15, 0.2) is 36.4 Å². The fourth-order valence-corrected chi connectivity index (χ4v) is 5.25. The molecule has 0 atom stereocenters. The second-order valence-electron chi connectivity index (χ2n) is 9.96. The highest BCUT2D eigenvalue weighted by Gasteiger charge is 2.37. The van der Waals surface area contributed by atoms with Crippen molar-refractivity contribution >= 4 is 0 Å². The van der Waals surface area contributed by atoms with Gasteiger partial charge in [0.05, 0.1) is 5.56 Å². The molecular weight excluding hydrogens is 416 g/mol. The predicted octanol–water partition coefficient (Wildman–Crippen LogP) is 8.68. The van der Waals surface area contributed by atoms with E-state index in [1.165, 1.54) is 24.3 Å². The molecular formula is C27H32F4O. The average Bonchev–Trinajstić information content (AvgIpc) is 2.76. The lowest BCUT2D eigenvalue weighted by Gasteiger charge is -2.27. The van der Waals surface area contributed by atoms with Crippen molar-refractivity contribution in [1.82, 2.24) is 0 Å². The zero-order valence-electron chi connectivity index (χ0n) is 18.9. The van der Waals surface area contributed by atoms with Gasteiger partial charge in [0.25, 0.3) is 0 Å². The van der Waals surface area contributed by atoms with Crippen LogP contribution in [0.5, 0.6) is 5.75 Å². The summed E-state index contributed by atoms with van der Waals surface area (Å²) < 4.78 is 63.6. The Morgan fingerprint density at radius 2 is 1.31 bits per heavy atom. The zero-order chi connectivity index (χ0) is 22.9. The Labute approximate surface area is 188 Å². The molecule has 0 bridgehead atoms. The van der Waals surface area contributed by atoms with Gasteiger partial charge in [-0.15, -0.1) is 0 Å². The second kappa shape index (κ2) is 9.44. The smallest absolute Gasteiger partial charge is 0.426 e. The van der Waals surface area contributed by atoms with Crippen molar-refractivity contribution in [2.24, 2.45) is 11.8 Å². The minimum absolute atomic E-state index is 0.0579. The van der Waals surface area contributed by atoms with Crippen molar-refractivity contribution in [2.45, 2.75) is 83.2 Å². The van der Waals surface area contributed by atoms with Gasteiger partial charge in [0, 0.05) is 0 Å². The summed E-state index contributed by atoms with van der Waals surface area (Å²) in [6, 6.07) is 7.72. The maximum Gasteiger partial charge on any atom is 0.426 e. The number of hydrogen-bond acceptors (Lipinski definition) is 1. The highest BCUT2D eigenvalue weighted by Crippen LogP contribution is 2.40. The molecule has 0 N–H and O–H groups in total. The van der Waals surface area contributed by atoms with Gasteiger partial charge in [-0.1, -0.05) is 51.7 Å². The Morgan fingerprint density at radius 1 is 0.719 bits per heavy atom. The third kappa shape index (κ3) is 5.13. The largest absolute Gasteiger partial charge is 0.426 e. The van der Waals surface area contributed by atoms with Crippen LogP contribution < -0.4 is 4.74 Å². The third-order valence-corrected chi connectivity index (χ3v) is 7.47. The van der Waals surface area contributed by atoms with Crippen molar-refractivity contribution in [2.75, 3.05) is 0 Å². The Kier molecular flexibility index (Phi) is 6.83. The predicted molar refractivity (Wildman–Crippen MR) is 118 cm³/mol. The molecule has 0 heterocycles. The lowest BCUT2D eigenvalue weighted by molar-refractivity contribution is -0.187. The van der Waals surface area contributed by atoms with Crippen LogP contribution in [0.3, 0.4) is 0 Å². The molecule has 2 saturated carbocycles. The second-order valence-corrected chi connectivity index (χ2v) is 9.96. The Hall–Kier alpha value is -2.04. The molecule has 1 nitrogen and oxygen atoms in total. The minimum Gasteiger partial charge on any atom is -0.426 e. The van der Waals surface area contributed by atoms with Crippen molar-refractivity contribution in [1.29, 1.82) is 0 Å². The van der Waals surface area contributed by atoms with Gasteiger partial charge in [-0.25, -0.2) is 8.78 Å². The molecule has 2 aromatic rings. The maximum atomic E-state index is 14.8. The molecule has 0 radical (unpaired) electrons. The highest BCUT2D eigenvalue weighted by molar-refractivity contribution is 5.34. The molecule has 2 aliphatic rings. The monoisotopic (exact) mass is 448 g/mol. The molecule has 2 fully saturated rings. The Bertz CT molecular complexity index is 925. The molecule has 0 saturated heterocycles. The van der Waals surface area contributed by atoms with Crippen molar-refractivity contribution in [3.63, 3.8) is 0 Å². The van der Waals surface area contributed by atoms with Gasteiger partial charge in [0.2, 0.25) is 0 Å². The van der Waals surface area contributed by atoms with E-state index < -0.39 is 29.1 Å². The van der Waals surface area contributed by atoms with Crippen LogP contribution in [0, 0.1) is 23.5 Å². The molecule has 32 heavy (non-hydrogen) atoms. The Balaban J connectivity index is 1.47. The van der Waals surface area contributed by atoms with Gasteiger partial charge in [0.1, 0.15) is 5.82 Å². The van der Waals surface area contributed by atoms with Gasteiger partial charge in [-0.05, 0) is 84.7 Å². The summed E-state index contributed by atoms with van der Waals surface area (Å²) in [4.78, 5) is 0. The van der Waals surface area contributed by atoms with Crippen LogP contribution >= 0.6 is 0 Å². The lowest BCUT2D eigenvalue weighted by atomic mass is 9.79. The highest BCUT2D eigenvalue weighted by atomic mass is 19.3. The lowest BCUT2D eigenvalue weighted by Crippen LogP contribution is -2.23. The van der Waals surface area contributed by atoms with E-state index in [4.69, 9.17) is 4.74 Å². The zero-order valence-corrected chi connectivity index (χ0v) is 18.9. The van der Waals surface area contributed by atoms with E-state index in [1.54, 1.807) is 6.07 Å². The van der Waals surface area contributed by atoms with Crippen molar-refractivity contribution in [3.8, 4) is 5.75 Å². The summed E-state index contributed by atoms with van der Waals surface area (Å²) in [6.07, 6.45) is 4.05. The van der Waals surface area contributed by atoms with E-state index in [1.807, 2.05) is 0 Å². The summed E-state index contributed by atoms with van der Waals surface area (Å²) >= 11 is 0. The number of benzene rings is 2. The topological polar surface area (TPSA) is 9.23 Å². The summed E-state index contributed by atoms with van der Waals surface area (Å²) in [5, 5.41) is 0. The first-order valence-electron chi connectivity index (χ1n) is 11.9. The molecule has 2 aliphatic carbocycles. The first kappa shape index (κ1) is 23.1. The van der Waals surface area contributed by atoms with Crippen LogP contribution in [0.1, 0.15) is 93.7 Å². The fraction of sp³-hybridized carbons (Fsp3) is 0.556. The van der Waals surface area contributed by atoms with E-state index in [0.29, 0.717) is 17.4 Å². The fourth-order valence-electron chi connectivity index (χ4n) is 5.25. The SMILES string of the molecule is CC1CCC(c2ccc(OC(F)(F)c3ccc(C4CCC(C)CC4)c(F)c3)c(F)c2)CC1. The molecule has 2 aromatic carbocycles. The minimum atomic E-state index is -3.83. The third-order valence-electron chi connectivity index (χ3n) is 7.47. The van der Waals surface area contributed by atoms with E-state index in [-0.39, 0.29) is 11.8 Å². The number of halogens is 4. The molecule has 174 valence electrons. The normalized spacial score (nSPS) is 26.7. The molecule has 0 unspecified atom stereocenters. The van der Waals surface area contributed by atoms with E-state index in [0.717, 1.165) is 63.0 Å². The molecule has 5 heteroatoms. The Morgan fingerprint density at radius 3 is 1.88 bits per heavy atom. The molecule has 0 aromatic heterocycles. The quantitative estimate of drug-likeness (QED) is 0.416. The van der Waals surface area contributed by atoms with E-state index in [2.05, 4.69) is 13.8 Å². The number of ether oxygens (including phenoxy) is 1. The molecule has 0 spiro atoms. The first-order chi connectivity index (χ1) is 15.2. The van der Waals surface area contributed by atoms with Gasteiger partial charge in [0.15, 0.2) is 11.6 Å². The summed E-state index contributed by atoms with van der Waals surface area (Å²) in [6.45, 7) is 4.38. The average molecular weight is 449 g/mol. The summed E-state index contributed by atoms with van der Waals surface area (Å²) in [7, 11) is 0. The first-order valence-corrected chi connectivity index (χ1v) is 11.9. The van der Waals surface area contributed by atoms with Crippen molar-refractivity contribution < 1.29 is 22.3 Å². The van der Waals surface area contributed by atoms with Crippen LogP contribution in [-0.2, 0) is 6.11 Å². The summed E-state index contributed by atoms with van der Waals surface area (Å²) in [5.74, 6) is -0.377. The number of hydrogen-bond donors (Lipinski definition) is 0. The number of alkyl halides is 2. The van der Waals surface area contributed by atoms with Gasteiger partial charge in [-0.2, -0.15) is 8.78 Å². The maximum absolute atomic E-state index is 14.8. The van der Waals surface area contributed by atoms with E-state index >= 15 is 0 Å². The number of rotatable bonds is 5. The van der Waals surface area contributed by atoms with Crippen molar-refractivity contribution in [3.05, 3.63) is 64.7 Å². The van der Waals surface area contributed by atoms with E-state index in [9.17, 15) is 17.6 Å². The van der Waals surface area contributed by atoms with Crippen LogP contribution in [-0.4, -0.2) is 0 Å². The standard InChI is InChI=1S/C27H32F4O/c1-17-3-7-19(8-4-17)21-11-14-26(25(29)15-21)32-27(30,31)22-12-13-23(24(28)16-22)20-9-5-18(2)6-10-20/h11-20H,3-10H2,1-2H3. The molecule has 0 aliphatic heterocycles. The van der Waals surface area contributed by atoms with Crippen LogP contribution in [0.25, 0.3) is 0 Å². The van der Waals surface area contributed by atoms with Crippen LogP contribution in [0.4, 0.5) is 17.6 Å².